The molecule has 0 saturated carbocycles. The Hall–Kier alpha value is -8.98. The number of fused-ring (bicyclic) bond motifs is 9. The van der Waals surface area contributed by atoms with Crippen molar-refractivity contribution in [2.45, 2.75) is 0 Å². The van der Waals surface area contributed by atoms with Crippen molar-refractivity contribution in [2.24, 2.45) is 0 Å². The van der Waals surface area contributed by atoms with Gasteiger partial charge in [-0.2, -0.15) is 0 Å². The van der Waals surface area contributed by atoms with Gasteiger partial charge in [-0.1, -0.05) is 170 Å². The minimum atomic E-state index is 1.11. The quantitative estimate of drug-likeness (QED) is 0.154. The molecule has 14 rings (SSSR count). The van der Waals surface area contributed by atoms with Gasteiger partial charge in [0.15, 0.2) is 0 Å². The van der Waals surface area contributed by atoms with Gasteiger partial charge in [0.2, 0.25) is 0 Å². The Bertz CT molecular complexity index is 3840. The molecule has 0 heterocycles. The molecule has 0 amide bonds. The van der Waals surface area contributed by atoms with E-state index in [1.54, 1.807) is 0 Å². The molecule has 2 nitrogen and oxygen atoms in total. The van der Waals surface area contributed by atoms with Gasteiger partial charge in [0.25, 0.3) is 0 Å². The summed E-state index contributed by atoms with van der Waals surface area (Å²) in [6.45, 7) is 0. The van der Waals surface area contributed by atoms with Gasteiger partial charge >= 0.3 is 0 Å². The topological polar surface area (TPSA) is 6.48 Å². The van der Waals surface area contributed by atoms with Crippen LogP contribution in [-0.4, -0.2) is 0 Å². The Kier molecular flexibility index (Phi) is 8.62. The second-order valence-corrected chi connectivity index (χ2v) is 18.1. The lowest BCUT2D eigenvalue weighted by Gasteiger charge is -2.32. The van der Waals surface area contributed by atoms with E-state index in [2.05, 4.69) is 265 Å². The monoisotopic (exact) mass is 862 g/mol. The lowest BCUT2D eigenvalue weighted by atomic mass is 9.96. The first-order valence-corrected chi connectivity index (χ1v) is 23.5. The molecule has 0 N–H and O–H groups in total. The maximum absolute atomic E-state index is 2.53. The van der Waals surface area contributed by atoms with Crippen LogP contribution in [0.2, 0.25) is 0 Å². The van der Waals surface area contributed by atoms with Crippen LogP contribution in [0.4, 0.5) is 34.1 Å². The number of rotatable bonds is 6. The van der Waals surface area contributed by atoms with Crippen LogP contribution in [0.25, 0.3) is 97.0 Å². The third kappa shape index (κ3) is 6.12. The Morgan fingerprint density at radius 1 is 0.147 bits per heavy atom. The molecule has 0 aliphatic carbocycles. The lowest BCUT2D eigenvalue weighted by Crippen LogP contribution is -2.14. The fourth-order valence-corrected chi connectivity index (χ4v) is 11.0. The average Bonchev–Trinajstić information content (AvgIpc) is 3.39. The largest absolute Gasteiger partial charge is 0.309 e. The number of hydrogen-bond acceptors (Lipinski definition) is 2. The van der Waals surface area contributed by atoms with E-state index in [9.17, 15) is 0 Å². The molecule has 0 spiro atoms. The number of nitrogens with zero attached hydrogens (tertiary/aromatic N) is 2. The summed E-state index contributed by atoms with van der Waals surface area (Å²) in [6, 6.07) is 94.5. The molecule has 0 radical (unpaired) electrons. The highest BCUT2D eigenvalue weighted by Crippen LogP contribution is 2.50. The predicted octanol–water partition coefficient (Wildman–Crippen LogP) is 19.0. The fraction of sp³-hybridized carbons (Fsp3) is 0. The van der Waals surface area contributed by atoms with Crippen molar-refractivity contribution in [3.8, 4) is 0 Å². The summed E-state index contributed by atoms with van der Waals surface area (Å²) in [4.78, 5) is 5.05. The Labute approximate surface area is 393 Å². The molecule has 2 heteroatoms. The van der Waals surface area contributed by atoms with Gasteiger partial charge in [-0.15, -0.1) is 0 Å². The van der Waals surface area contributed by atoms with E-state index in [-0.39, 0.29) is 0 Å². The molecule has 316 valence electrons. The summed E-state index contributed by atoms with van der Waals surface area (Å²) >= 11 is 0. The summed E-state index contributed by atoms with van der Waals surface area (Å²) in [7, 11) is 0. The molecule has 0 bridgehead atoms. The summed E-state index contributed by atoms with van der Waals surface area (Å²) in [5.74, 6) is 0. The molecule has 14 aromatic carbocycles. The van der Waals surface area contributed by atoms with Crippen LogP contribution < -0.4 is 9.80 Å². The number of benzene rings is 14. The van der Waals surface area contributed by atoms with Crippen molar-refractivity contribution in [3.63, 3.8) is 0 Å². The molecule has 0 aromatic heterocycles. The number of hydrogen-bond donors (Lipinski definition) is 0. The minimum absolute atomic E-state index is 1.11. The van der Waals surface area contributed by atoms with Gasteiger partial charge < -0.3 is 9.80 Å². The van der Waals surface area contributed by atoms with Crippen LogP contribution in [0.5, 0.6) is 0 Å². The molecule has 68 heavy (non-hydrogen) atoms. The molecule has 0 saturated heterocycles. The standard InChI is InChI=1S/C66H42N2/c1-5-19-47-39-57-51(35-43(47)15-1)23-11-29-61(57)67(62-30-12-24-52-36-44-16-2-6-20-48(44)40-58(52)62)65-33-34-66(56-28-10-9-27-55(56)65)68(63-31-13-25-53-37-45-17-3-7-21-49(45)41-59(53)63)64-32-14-26-54-38-46-18-4-8-22-50(46)42-60(54)64/h1-42H. The van der Waals surface area contributed by atoms with Crippen LogP contribution >= 0.6 is 0 Å². The van der Waals surface area contributed by atoms with Gasteiger partial charge in [0, 0.05) is 32.3 Å². The first kappa shape index (κ1) is 38.3. The summed E-state index contributed by atoms with van der Waals surface area (Å²) in [5, 5.41) is 21.7. The summed E-state index contributed by atoms with van der Waals surface area (Å²) in [5.41, 5.74) is 6.74. The molecular formula is C66H42N2. The molecular weight excluding hydrogens is 821 g/mol. The molecule has 0 aliphatic rings. The van der Waals surface area contributed by atoms with E-state index in [1.165, 1.54) is 86.2 Å². The van der Waals surface area contributed by atoms with E-state index in [4.69, 9.17) is 0 Å². The minimum Gasteiger partial charge on any atom is -0.309 e. The highest BCUT2D eigenvalue weighted by atomic mass is 15.2. The third-order valence-corrected chi connectivity index (χ3v) is 14.2. The molecule has 0 aliphatic heterocycles. The van der Waals surface area contributed by atoms with Crippen LogP contribution in [0.3, 0.4) is 0 Å². The first-order chi connectivity index (χ1) is 33.7. The highest BCUT2D eigenvalue weighted by molar-refractivity contribution is 6.17. The van der Waals surface area contributed by atoms with Gasteiger partial charge in [-0.05, 0) is 150 Å². The van der Waals surface area contributed by atoms with Crippen LogP contribution in [0.1, 0.15) is 0 Å². The van der Waals surface area contributed by atoms with Crippen LogP contribution in [-0.2, 0) is 0 Å². The second-order valence-electron chi connectivity index (χ2n) is 18.1. The first-order valence-electron chi connectivity index (χ1n) is 23.5. The number of anilines is 6. The van der Waals surface area contributed by atoms with Gasteiger partial charge in [0.05, 0.1) is 34.1 Å². The smallest absolute Gasteiger partial charge is 0.0542 e. The Balaban J connectivity index is 1.08. The molecule has 0 atom stereocenters. The van der Waals surface area contributed by atoms with Crippen molar-refractivity contribution in [2.75, 3.05) is 9.80 Å². The molecule has 14 aromatic rings. The molecule has 0 unspecified atom stereocenters. The van der Waals surface area contributed by atoms with E-state index in [1.807, 2.05) is 0 Å². The normalized spacial score (nSPS) is 11.8. The highest BCUT2D eigenvalue weighted by Gasteiger charge is 2.25. The third-order valence-electron chi connectivity index (χ3n) is 14.2. The van der Waals surface area contributed by atoms with Crippen LogP contribution in [0, 0.1) is 0 Å². The summed E-state index contributed by atoms with van der Waals surface area (Å²) < 4.78 is 0. The van der Waals surface area contributed by atoms with Gasteiger partial charge in [-0.25, -0.2) is 0 Å². The predicted molar refractivity (Wildman–Crippen MR) is 293 cm³/mol. The van der Waals surface area contributed by atoms with E-state index in [0.717, 1.165) is 44.9 Å². The maximum atomic E-state index is 2.53. The van der Waals surface area contributed by atoms with Gasteiger partial charge in [0.1, 0.15) is 0 Å². The zero-order chi connectivity index (χ0) is 44.7. The van der Waals surface area contributed by atoms with Crippen molar-refractivity contribution >= 4 is 131 Å². The fourth-order valence-electron chi connectivity index (χ4n) is 11.0. The Morgan fingerprint density at radius 3 is 0.618 bits per heavy atom. The average molecular weight is 863 g/mol. The maximum Gasteiger partial charge on any atom is 0.0542 e. The van der Waals surface area contributed by atoms with Crippen LogP contribution in [0.15, 0.2) is 255 Å². The second kappa shape index (κ2) is 15.3. The SMILES string of the molecule is c1ccc2cc3c(N(c4cccc5cc6ccccc6cc45)c4ccc(N(c5cccc6cc7ccccc7cc56)c5cccc6cc7ccccc7cc56)c5ccccc45)cccc3cc2c1. The molecule has 0 fully saturated rings. The zero-order valence-corrected chi connectivity index (χ0v) is 37.1. The zero-order valence-electron chi connectivity index (χ0n) is 37.1. The summed E-state index contributed by atoms with van der Waals surface area (Å²) in [6.07, 6.45) is 0. The van der Waals surface area contributed by atoms with E-state index < -0.39 is 0 Å². The van der Waals surface area contributed by atoms with Gasteiger partial charge in [-0.3, -0.25) is 0 Å². The van der Waals surface area contributed by atoms with E-state index >= 15 is 0 Å². The van der Waals surface area contributed by atoms with Crippen molar-refractivity contribution in [1.29, 1.82) is 0 Å². The Morgan fingerprint density at radius 2 is 0.353 bits per heavy atom. The van der Waals surface area contributed by atoms with Crippen molar-refractivity contribution in [3.05, 3.63) is 255 Å². The lowest BCUT2D eigenvalue weighted by molar-refractivity contribution is 1.31. The van der Waals surface area contributed by atoms with Crippen molar-refractivity contribution in [1.82, 2.24) is 0 Å². The van der Waals surface area contributed by atoms with Crippen molar-refractivity contribution < 1.29 is 0 Å². The van der Waals surface area contributed by atoms with E-state index in [0.29, 0.717) is 0 Å².